The summed E-state index contributed by atoms with van der Waals surface area (Å²) in [7, 11) is -3.45. The van der Waals surface area contributed by atoms with Gasteiger partial charge >= 0.3 is 0 Å². The smallest absolute Gasteiger partial charge is 0.224 e. The zero-order valence-corrected chi connectivity index (χ0v) is 9.64. The average molecular weight is 251 g/mol. The number of rotatable bonds is 4. The molecule has 0 aromatic carbocycles. The van der Waals surface area contributed by atoms with E-state index >= 15 is 0 Å². The lowest BCUT2D eigenvalue weighted by Crippen LogP contribution is -2.22. The summed E-state index contributed by atoms with van der Waals surface area (Å²) >= 11 is 5.61. The van der Waals surface area contributed by atoms with Gasteiger partial charge in [0.15, 0.2) is 0 Å². The molecule has 1 aromatic rings. The maximum absolute atomic E-state index is 10.6. The molecule has 3 N–H and O–H groups in total. The van der Waals surface area contributed by atoms with Gasteiger partial charge in [-0.1, -0.05) is 0 Å². The molecule has 0 amide bonds. The molecule has 0 saturated carbocycles. The van der Waals surface area contributed by atoms with Gasteiger partial charge in [0, 0.05) is 18.3 Å². The molecule has 6 nitrogen and oxygen atoms in total. The third-order valence-corrected chi connectivity index (χ3v) is 2.46. The zero-order valence-electron chi connectivity index (χ0n) is 8.07. The van der Waals surface area contributed by atoms with E-state index in [-0.39, 0.29) is 17.6 Å². The van der Waals surface area contributed by atoms with E-state index in [1.165, 1.54) is 0 Å². The van der Waals surface area contributed by atoms with Crippen molar-refractivity contribution in [2.75, 3.05) is 17.6 Å². The standard InChI is InChI=1S/C7H11ClN4O2S/c1-5-4-6(12-7(8)11-5)10-2-3-15(9,13)14/h4H,2-3H2,1H3,(H2,9,13,14)(H,10,11,12). The molecule has 1 heterocycles. The van der Waals surface area contributed by atoms with Crippen LogP contribution in [0.4, 0.5) is 5.82 Å². The van der Waals surface area contributed by atoms with E-state index in [1.807, 2.05) is 0 Å². The maximum Gasteiger partial charge on any atom is 0.224 e. The fraction of sp³-hybridized carbons (Fsp3) is 0.429. The highest BCUT2D eigenvalue weighted by molar-refractivity contribution is 7.89. The van der Waals surface area contributed by atoms with Crippen LogP contribution in [0, 0.1) is 6.92 Å². The number of aromatic nitrogens is 2. The first-order chi connectivity index (χ1) is 6.87. The minimum Gasteiger partial charge on any atom is -0.369 e. The third-order valence-electron chi connectivity index (χ3n) is 1.52. The molecular formula is C7H11ClN4O2S. The van der Waals surface area contributed by atoms with E-state index in [2.05, 4.69) is 15.3 Å². The van der Waals surface area contributed by atoms with Crippen LogP contribution < -0.4 is 10.5 Å². The molecular weight excluding hydrogens is 240 g/mol. The van der Waals surface area contributed by atoms with Crippen LogP contribution in [0.25, 0.3) is 0 Å². The molecule has 0 radical (unpaired) electrons. The van der Waals surface area contributed by atoms with Gasteiger partial charge in [-0.2, -0.15) is 0 Å². The summed E-state index contributed by atoms with van der Waals surface area (Å²) < 4.78 is 21.3. The Hall–Kier alpha value is -0.920. The van der Waals surface area contributed by atoms with Gasteiger partial charge in [-0.05, 0) is 18.5 Å². The number of primary sulfonamides is 1. The van der Waals surface area contributed by atoms with Gasteiger partial charge in [-0.25, -0.2) is 23.5 Å². The molecule has 0 aliphatic heterocycles. The van der Waals surface area contributed by atoms with E-state index in [9.17, 15) is 8.42 Å². The summed E-state index contributed by atoms with van der Waals surface area (Å²) in [4.78, 5) is 7.72. The number of sulfonamides is 1. The van der Waals surface area contributed by atoms with E-state index in [4.69, 9.17) is 16.7 Å². The van der Waals surface area contributed by atoms with E-state index < -0.39 is 10.0 Å². The van der Waals surface area contributed by atoms with Gasteiger partial charge in [0.25, 0.3) is 0 Å². The first-order valence-corrected chi connectivity index (χ1v) is 6.22. The van der Waals surface area contributed by atoms with Gasteiger partial charge < -0.3 is 5.32 Å². The zero-order chi connectivity index (χ0) is 11.5. The molecule has 8 heteroatoms. The molecule has 1 rings (SSSR count). The number of anilines is 1. The SMILES string of the molecule is Cc1cc(NCCS(N)(=O)=O)nc(Cl)n1. The van der Waals surface area contributed by atoms with Crippen molar-refractivity contribution in [1.29, 1.82) is 0 Å². The average Bonchev–Trinajstić information content (AvgIpc) is 1.99. The predicted octanol–water partition coefficient (Wildman–Crippen LogP) is 0.139. The molecule has 84 valence electrons. The van der Waals surface area contributed by atoms with Crippen LogP contribution in [0.1, 0.15) is 5.69 Å². The number of aryl methyl sites for hydroxylation is 1. The molecule has 0 bridgehead atoms. The molecule has 0 aliphatic rings. The van der Waals surface area contributed by atoms with Gasteiger partial charge in [-0.15, -0.1) is 0 Å². The van der Waals surface area contributed by atoms with Crippen LogP contribution >= 0.6 is 11.6 Å². The number of nitrogens with zero attached hydrogens (tertiary/aromatic N) is 2. The molecule has 0 aliphatic carbocycles. The second-order valence-corrected chi connectivity index (χ2v) is 5.03. The van der Waals surface area contributed by atoms with Crippen LogP contribution in [-0.4, -0.2) is 30.7 Å². The van der Waals surface area contributed by atoms with Crippen molar-refractivity contribution in [2.24, 2.45) is 5.14 Å². The van der Waals surface area contributed by atoms with Gasteiger partial charge in [0.05, 0.1) is 5.75 Å². The van der Waals surface area contributed by atoms with Gasteiger partial charge in [0.2, 0.25) is 15.3 Å². The second-order valence-electron chi connectivity index (χ2n) is 2.96. The summed E-state index contributed by atoms with van der Waals surface area (Å²) in [5, 5.41) is 7.74. The Morgan fingerprint density at radius 2 is 2.20 bits per heavy atom. The number of hydrogen-bond acceptors (Lipinski definition) is 5. The van der Waals surface area contributed by atoms with E-state index in [0.29, 0.717) is 11.5 Å². The Bertz CT molecular complexity index is 428. The van der Waals surface area contributed by atoms with Crippen LogP contribution in [0.2, 0.25) is 5.28 Å². The fourth-order valence-electron chi connectivity index (χ4n) is 0.944. The molecule has 0 atom stereocenters. The van der Waals surface area contributed by atoms with Gasteiger partial charge in [-0.3, -0.25) is 0 Å². The molecule has 0 unspecified atom stereocenters. The van der Waals surface area contributed by atoms with E-state index in [0.717, 1.165) is 0 Å². The van der Waals surface area contributed by atoms with Crippen LogP contribution in [0.3, 0.4) is 0 Å². The highest BCUT2D eigenvalue weighted by Gasteiger charge is 2.03. The Morgan fingerprint density at radius 3 is 2.73 bits per heavy atom. The highest BCUT2D eigenvalue weighted by Crippen LogP contribution is 2.08. The minimum absolute atomic E-state index is 0.119. The topological polar surface area (TPSA) is 98.0 Å². The second kappa shape index (κ2) is 4.73. The first-order valence-electron chi connectivity index (χ1n) is 4.12. The normalized spacial score (nSPS) is 11.4. The predicted molar refractivity (Wildman–Crippen MR) is 58.2 cm³/mol. The molecule has 1 aromatic heterocycles. The Balaban J connectivity index is 2.58. The van der Waals surface area contributed by atoms with Crippen molar-refractivity contribution >= 4 is 27.4 Å². The quantitative estimate of drug-likeness (QED) is 0.741. The Kier molecular flexibility index (Phi) is 3.83. The van der Waals surface area contributed by atoms with Crippen LogP contribution in [0.5, 0.6) is 0 Å². The van der Waals surface area contributed by atoms with E-state index in [1.54, 1.807) is 13.0 Å². The van der Waals surface area contributed by atoms with Crippen LogP contribution in [0.15, 0.2) is 6.07 Å². The van der Waals surface area contributed by atoms with Crippen molar-refractivity contribution in [1.82, 2.24) is 9.97 Å². The van der Waals surface area contributed by atoms with Crippen molar-refractivity contribution in [3.63, 3.8) is 0 Å². The number of hydrogen-bond donors (Lipinski definition) is 2. The summed E-state index contributed by atoms with van der Waals surface area (Å²) in [5.74, 6) is 0.323. The highest BCUT2D eigenvalue weighted by atomic mass is 35.5. The molecule has 15 heavy (non-hydrogen) atoms. The molecule has 0 saturated heterocycles. The largest absolute Gasteiger partial charge is 0.369 e. The van der Waals surface area contributed by atoms with Crippen molar-refractivity contribution in [2.45, 2.75) is 6.92 Å². The fourth-order valence-corrected chi connectivity index (χ4v) is 1.56. The summed E-state index contributed by atoms with van der Waals surface area (Å²) in [6.45, 7) is 1.95. The number of nitrogens with two attached hydrogens (primary N) is 1. The van der Waals surface area contributed by atoms with Crippen molar-refractivity contribution in [3.05, 3.63) is 17.0 Å². The molecule has 0 fully saturated rings. The first kappa shape index (κ1) is 12.2. The number of nitrogens with one attached hydrogen (secondary N) is 1. The number of halogens is 1. The lowest BCUT2D eigenvalue weighted by Gasteiger charge is -2.05. The van der Waals surface area contributed by atoms with Crippen LogP contribution in [-0.2, 0) is 10.0 Å². The lowest BCUT2D eigenvalue weighted by atomic mass is 10.4. The van der Waals surface area contributed by atoms with Crippen molar-refractivity contribution < 1.29 is 8.42 Å². The maximum atomic E-state index is 10.6. The van der Waals surface area contributed by atoms with Gasteiger partial charge in [0.1, 0.15) is 5.82 Å². The summed E-state index contributed by atoms with van der Waals surface area (Å²) in [6.07, 6.45) is 0. The minimum atomic E-state index is -3.45. The van der Waals surface area contributed by atoms with Crippen molar-refractivity contribution in [3.8, 4) is 0 Å². The monoisotopic (exact) mass is 250 g/mol. The Morgan fingerprint density at radius 1 is 1.53 bits per heavy atom. The summed E-state index contributed by atoms with van der Waals surface area (Å²) in [6, 6.07) is 1.66. The lowest BCUT2D eigenvalue weighted by molar-refractivity contribution is 0.598. The summed E-state index contributed by atoms with van der Waals surface area (Å²) in [5.41, 5.74) is 0.702. The third kappa shape index (κ3) is 4.91. The molecule has 0 spiro atoms. The Labute approximate surface area is 92.9 Å².